The summed E-state index contributed by atoms with van der Waals surface area (Å²) in [6.45, 7) is 2.39. The molecule has 4 rings (SSSR count). The Balaban J connectivity index is 1.75. The highest BCUT2D eigenvalue weighted by atomic mass is 79.9. The molecular weight excluding hydrogens is 384 g/mol. The molecule has 0 unspecified atom stereocenters. The Hall–Kier alpha value is -2.18. The van der Waals surface area contributed by atoms with E-state index in [2.05, 4.69) is 15.9 Å². The number of primary amides is 1. The van der Waals surface area contributed by atoms with Crippen LogP contribution in [0.1, 0.15) is 31.8 Å². The zero-order valence-corrected chi connectivity index (χ0v) is 15.1. The molecule has 2 amide bonds. The maximum atomic E-state index is 12.7. The molecule has 1 heterocycles. The van der Waals surface area contributed by atoms with Gasteiger partial charge in [0.05, 0.1) is 13.2 Å². The predicted molar refractivity (Wildman–Crippen MR) is 97.6 cm³/mol. The number of fused-ring (bicyclic) bond motifs is 3. The summed E-state index contributed by atoms with van der Waals surface area (Å²) in [5.41, 5.74) is 10.7. The van der Waals surface area contributed by atoms with Gasteiger partial charge in [0.15, 0.2) is 0 Å². The fourth-order valence-corrected chi connectivity index (χ4v) is 4.00. The van der Waals surface area contributed by atoms with Gasteiger partial charge in [0.25, 0.3) is 5.91 Å². The Morgan fingerprint density at radius 1 is 1.08 bits per heavy atom. The largest absolute Gasteiger partial charge is 0.378 e. The molecule has 0 saturated carbocycles. The monoisotopic (exact) mass is 400 g/mol. The van der Waals surface area contributed by atoms with Crippen molar-refractivity contribution in [2.75, 3.05) is 26.3 Å². The van der Waals surface area contributed by atoms with Crippen molar-refractivity contribution < 1.29 is 14.3 Å². The van der Waals surface area contributed by atoms with E-state index in [1.165, 1.54) is 0 Å². The maximum Gasteiger partial charge on any atom is 0.254 e. The van der Waals surface area contributed by atoms with E-state index in [1.807, 2.05) is 29.2 Å². The lowest BCUT2D eigenvalue weighted by Gasteiger charge is -2.27. The van der Waals surface area contributed by atoms with Gasteiger partial charge in [-0.3, -0.25) is 9.59 Å². The molecule has 6 heteroatoms. The molecule has 1 fully saturated rings. The summed E-state index contributed by atoms with van der Waals surface area (Å²) < 4.78 is 6.12. The summed E-state index contributed by atoms with van der Waals surface area (Å²) >= 11 is 3.45. The second-order valence-corrected chi connectivity index (χ2v) is 7.21. The van der Waals surface area contributed by atoms with Gasteiger partial charge >= 0.3 is 0 Å². The fraction of sp³-hybridized carbons (Fsp3) is 0.263. The number of hydrogen-bond donors (Lipinski definition) is 1. The Bertz CT molecular complexity index is 888. The third-order valence-electron chi connectivity index (χ3n) is 4.79. The summed E-state index contributed by atoms with van der Waals surface area (Å²) in [4.78, 5) is 26.3. The maximum absolute atomic E-state index is 12.7. The van der Waals surface area contributed by atoms with Crippen LogP contribution in [0.4, 0.5) is 0 Å². The molecule has 128 valence electrons. The molecule has 25 heavy (non-hydrogen) atoms. The van der Waals surface area contributed by atoms with Crippen LogP contribution in [-0.2, 0) is 11.2 Å². The molecule has 0 bridgehead atoms. The highest BCUT2D eigenvalue weighted by Gasteiger charge is 2.26. The number of amides is 2. The Labute approximate surface area is 153 Å². The van der Waals surface area contributed by atoms with Crippen molar-refractivity contribution in [2.24, 2.45) is 5.73 Å². The van der Waals surface area contributed by atoms with Gasteiger partial charge in [0.2, 0.25) is 5.91 Å². The number of morpholine rings is 1. The number of halogens is 1. The first-order valence-electron chi connectivity index (χ1n) is 8.17. The third-order valence-corrected chi connectivity index (χ3v) is 5.25. The number of nitrogens with two attached hydrogens (primary N) is 1. The summed E-state index contributed by atoms with van der Waals surface area (Å²) in [6, 6.07) is 9.50. The highest BCUT2D eigenvalue weighted by Crippen LogP contribution is 2.40. The summed E-state index contributed by atoms with van der Waals surface area (Å²) in [7, 11) is 0. The zero-order chi connectivity index (χ0) is 17.6. The lowest BCUT2D eigenvalue weighted by atomic mass is 10.00. The number of carbonyl (C=O) groups is 2. The van der Waals surface area contributed by atoms with Crippen LogP contribution in [0.25, 0.3) is 11.1 Å². The first kappa shape index (κ1) is 16.3. The number of rotatable bonds is 2. The Kier molecular flexibility index (Phi) is 4.09. The smallest absolute Gasteiger partial charge is 0.254 e. The van der Waals surface area contributed by atoms with Crippen LogP contribution < -0.4 is 5.73 Å². The van der Waals surface area contributed by atoms with Crippen LogP contribution in [-0.4, -0.2) is 43.0 Å². The molecule has 1 aliphatic carbocycles. The zero-order valence-electron chi connectivity index (χ0n) is 13.5. The van der Waals surface area contributed by atoms with Crippen molar-refractivity contribution in [3.8, 4) is 11.1 Å². The lowest BCUT2D eigenvalue weighted by Crippen LogP contribution is -2.40. The minimum Gasteiger partial charge on any atom is -0.378 e. The topological polar surface area (TPSA) is 72.6 Å². The molecule has 1 saturated heterocycles. The number of carbonyl (C=O) groups excluding carboxylic acids is 2. The lowest BCUT2D eigenvalue weighted by molar-refractivity contribution is 0.0303. The minimum atomic E-state index is -0.435. The average molecular weight is 401 g/mol. The molecule has 2 aliphatic rings. The molecule has 0 atom stereocenters. The van der Waals surface area contributed by atoms with E-state index in [1.54, 1.807) is 6.07 Å². The SMILES string of the molecule is NC(=O)c1cc(Br)cc2c1Cc1ccc(C(=O)N3CCOCC3)cc1-2. The van der Waals surface area contributed by atoms with E-state index in [4.69, 9.17) is 10.5 Å². The van der Waals surface area contributed by atoms with E-state index < -0.39 is 5.91 Å². The van der Waals surface area contributed by atoms with Crippen molar-refractivity contribution in [3.63, 3.8) is 0 Å². The van der Waals surface area contributed by atoms with Gasteiger partial charge in [-0.15, -0.1) is 0 Å². The van der Waals surface area contributed by atoms with Crippen LogP contribution in [0.5, 0.6) is 0 Å². The van der Waals surface area contributed by atoms with Crippen molar-refractivity contribution in [3.05, 3.63) is 57.1 Å². The highest BCUT2D eigenvalue weighted by molar-refractivity contribution is 9.10. The molecule has 2 aromatic rings. The first-order chi connectivity index (χ1) is 12.0. The third kappa shape index (κ3) is 2.85. The van der Waals surface area contributed by atoms with E-state index in [-0.39, 0.29) is 5.91 Å². The Morgan fingerprint density at radius 3 is 2.56 bits per heavy atom. The minimum absolute atomic E-state index is 0.0182. The van der Waals surface area contributed by atoms with Crippen LogP contribution in [0.3, 0.4) is 0 Å². The van der Waals surface area contributed by atoms with Gasteiger partial charge < -0.3 is 15.4 Å². The molecule has 0 spiro atoms. The molecule has 2 N–H and O–H groups in total. The molecule has 1 aliphatic heterocycles. The van der Waals surface area contributed by atoms with Crippen LogP contribution in [0.15, 0.2) is 34.8 Å². The number of hydrogen-bond acceptors (Lipinski definition) is 3. The summed E-state index contributed by atoms with van der Waals surface area (Å²) in [5.74, 6) is -0.417. The standard InChI is InChI=1S/C19H17BrN2O3/c20-13-9-16-14-8-12(19(24)22-3-5-25-6-4-22)2-1-11(14)7-15(16)17(10-13)18(21)23/h1-2,8-10H,3-7H2,(H2,21,23). The number of benzene rings is 2. The average Bonchev–Trinajstić information content (AvgIpc) is 2.98. The first-order valence-corrected chi connectivity index (χ1v) is 8.96. The van der Waals surface area contributed by atoms with Crippen molar-refractivity contribution >= 4 is 27.7 Å². The second kappa shape index (κ2) is 6.28. The molecular formula is C19H17BrN2O3. The number of ether oxygens (including phenoxy) is 1. The molecule has 5 nitrogen and oxygen atoms in total. The van der Waals surface area contributed by atoms with E-state index >= 15 is 0 Å². The van der Waals surface area contributed by atoms with Crippen LogP contribution >= 0.6 is 15.9 Å². The van der Waals surface area contributed by atoms with Gasteiger partial charge in [-0.25, -0.2) is 0 Å². The predicted octanol–water partition coefficient (Wildman–Crippen LogP) is 2.59. The van der Waals surface area contributed by atoms with Gasteiger partial charge in [-0.05, 0) is 52.9 Å². The quantitative estimate of drug-likeness (QED) is 0.718. The normalized spacial score (nSPS) is 15.6. The molecule has 2 aromatic carbocycles. The fourth-order valence-electron chi connectivity index (χ4n) is 3.54. The molecule has 0 radical (unpaired) electrons. The van der Waals surface area contributed by atoms with Crippen molar-refractivity contribution in [2.45, 2.75) is 6.42 Å². The Morgan fingerprint density at radius 2 is 1.84 bits per heavy atom. The van der Waals surface area contributed by atoms with Crippen LogP contribution in [0.2, 0.25) is 0 Å². The van der Waals surface area contributed by atoms with Gasteiger partial charge in [-0.1, -0.05) is 22.0 Å². The van der Waals surface area contributed by atoms with Gasteiger partial charge in [0.1, 0.15) is 0 Å². The summed E-state index contributed by atoms with van der Waals surface area (Å²) in [6.07, 6.45) is 0.655. The number of nitrogens with zero attached hydrogens (tertiary/aromatic N) is 1. The van der Waals surface area contributed by atoms with E-state index in [0.29, 0.717) is 43.9 Å². The van der Waals surface area contributed by atoms with Crippen molar-refractivity contribution in [1.29, 1.82) is 0 Å². The van der Waals surface area contributed by atoms with Gasteiger partial charge in [-0.2, -0.15) is 0 Å². The van der Waals surface area contributed by atoms with Crippen molar-refractivity contribution in [1.82, 2.24) is 4.90 Å². The molecule has 0 aromatic heterocycles. The second-order valence-electron chi connectivity index (χ2n) is 6.30. The van der Waals surface area contributed by atoms with Crippen LogP contribution in [0, 0.1) is 0 Å². The van der Waals surface area contributed by atoms with E-state index in [0.717, 1.165) is 26.7 Å². The summed E-state index contributed by atoms with van der Waals surface area (Å²) in [5, 5.41) is 0. The van der Waals surface area contributed by atoms with E-state index in [9.17, 15) is 9.59 Å². The van der Waals surface area contributed by atoms with Gasteiger partial charge in [0, 0.05) is 28.7 Å².